The molecule has 1 aliphatic rings. The van der Waals surface area contributed by atoms with Gasteiger partial charge in [-0.25, -0.2) is 13.4 Å². The van der Waals surface area contributed by atoms with E-state index in [0.717, 1.165) is 48.0 Å². The van der Waals surface area contributed by atoms with Crippen molar-refractivity contribution >= 4 is 32.8 Å². The second-order valence-corrected chi connectivity index (χ2v) is 11.9. The Balaban J connectivity index is 1.61. The van der Waals surface area contributed by atoms with E-state index in [1.165, 1.54) is 5.56 Å². The zero-order chi connectivity index (χ0) is 24.8. The van der Waals surface area contributed by atoms with E-state index in [0.29, 0.717) is 42.6 Å². The minimum absolute atomic E-state index is 0.324. The molecule has 0 N–H and O–H groups in total. The summed E-state index contributed by atoms with van der Waals surface area (Å²) in [6.45, 7) is 7.40. The zero-order valence-electron chi connectivity index (χ0n) is 20.8. The van der Waals surface area contributed by atoms with Crippen LogP contribution < -0.4 is 4.74 Å². The maximum absolute atomic E-state index is 13.3. The van der Waals surface area contributed by atoms with E-state index in [2.05, 4.69) is 23.6 Å². The number of aromatic nitrogens is 2. The van der Waals surface area contributed by atoms with Gasteiger partial charge in [-0.15, -0.1) is 0 Å². The number of sulfonamides is 1. The Morgan fingerprint density at radius 1 is 1.17 bits per heavy atom. The average molecular weight is 518 g/mol. The topological polar surface area (TPSA) is 73.7 Å². The Morgan fingerprint density at radius 2 is 1.97 bits per heavy atom. The van der Waals surface area contributed by atoms with Crippen LogP contribution >= 0.6 is 11.8 Å². The molecule has 4 rings (SSSR count). The van der Waals surface area contributed by atoms with Gasteiger partial charge in [0.25, 0.3) is 0 Å². The molecule has 0 saturated carbocycles. The second kappa shape index (κ2) is 11.8. The highest BCUT2D eigenvalue weighted by Crippen LogP contribution is 2.31. The molecule has 35 heavy (non-hydrogen) atoms. The number of methoxy groups -OCH3 is 1. The molecule has 0 amide bonds. The van der Waals surface area contributed by atoms with Crippen molar-refractivity contribution in [3.05, 3.63) is 48.0 Å². The minimum atomic E-state index is -3.53. The number of hydrogen-bond donors (Lipinski definition) is 0. The van der Waals surface area contributed by atoms with Crippen LogP contribution in [0.2, 0.25) is 0 Å². The van der Waals surface area contributed by atoms with Crippen LogP contribution in [0.15, 0.2) is 52.5 Å². The third-order valence-electron chi connectivity index (χ3n) is 6.34. The number of rotatable bonds is 11. The van der Waals surface area contributed by atoms with Crippen LogP contribution in [-0.4, -0.2) is 55.7 Å². The standard InChI is InChI=1S/C26H35N3O4S2/c1-4-33-16-6-15-29-25-13-12-23(35(30,31)28-14-5-7-20(2)18-28)17-24(25)27-26(29)34-19-21-8-10-22(32-3)11-9-21/h8-13,17,20H,4-7,14-16,18-19H2,1-3H3. The molecule has 1 atom stereocenters. The lowest BCUT2D eigenvalue weighted by atomic mass is 10.0. The first-order valence-corrected chi connectivity index (χ1v) is 14.7. The SMILES string of the molecule is CCOCCCn1c(SCc2ccc(OC)cc2)nc2cc(S(=O)(=O)N3CCCC(C)C3)ccc21. The molecule has 3 aromatic rings. The van der Waals surface area contributed by atoms with Crippen molar-refractivity contribution in [1.82, 2.24) is 13.9 Å². The van der Waals surface area contributed by atoms with Gasteiger partial charge in [-0.3, -0.25) is 0 Å². The largest absolute Gasteiger partial charge is 0.497 e. The fraction of sp³-hybridized carbons (Fsp3) is 0.500. The monoisotopic (exact) mass is 517 g/mol. The first-order chi connectivity index (χ1) is 16.9. The molecule has 9 heteroatoms. The number of ether oxygens (including phenoxy) is 2. The molecule has 0 radical (unpaired) electrons. The predicted octanol–water partition coefficient (Wildman–Crippen LogP) is 5.18. The fourth-order valence-electron chi connectivity index (χ4n) is 4.43. The lowest BCUT2D eigenvalue weighted by Gasteiger charge is -2.30. The molecular weight excluding hydrogens is 482 g/mol. The summed E-state index contributed by atoms with van der Waals surface area (Å²) in [5, 5.41) is 0.883. The summed E-state index contributed by atoms with van der Waals surface area (Å²) < 4.78 is 41.3. The van der Waals surface area contributed by atoms with Crippen LogP contribution in [0.25, 0.3) is 11.0 Å². The highest BCUT2D eigenvalue weighted by Gasteiger charge is 2.29. The van der Waals surface area contributed by atoms with E-state index in [4.69, 9.17) is 14.5 Å². The van der Waals surface area contributed by atoms with Gasteiger partial charge in [0.2, 0.25) is 10.0 Å². The predicted molar refractivity (Wildman–Crippen MR) is 141 cm³/mol. The third kappa shape index (κ3) is 6.20. The van der Waals surface area contributed by atoms with Gasteiger partial charge in [-0.2, -0.15) is 4.31 Å². The van der Waals surface area contributed by atoms with Gasteiger partial charge in [0.05, 0.1) is 23.0 Å². The van der Waals surface area contributed by atoms with Crippen LogP contribution in [0.3, 0.4) is 0 Å². The summed E-state index contributed by atoms with van der Waals surface area (Å²) in [5.74, 6) is 1.97. The number of aryl methyl sites for hydroxylation is 1. The first kappa shape index (κ1) is 26.0. The highest BCUT2D eigenvalue weighted by molar-refractivity contribution is 7.98. The number of fused-ring (bicyclic) bond motifs is 1. The molecule has 7 nitrogen and oxygen atoms in total. The molecular formula is C26H35N3O4S2. The van der Waals surface area contributed by atoms with Gasteiger partial charge in [0.15, 0.2) is 5.16 Å². The normalized spacial score (nSPS) is 17.2. The summed E-state index contributed by atoms with van der Waals surface area (Å²) >= 11 is 1.66. The third-order valence-corrected chi connectivity index (χ3v) is 9.25. The molecule has 1 aromatic heterocycles. The Bertz CT molecular complexity index is 1230. The molecule has 2 heterocycles. The quantitative estimate of drug-likeness (QED) is 0.258. The summed E-state index contributed by atoms with van der Waals surface area (Å²) in [4.78, 5) is 5.20. The summed E-state index contributed by atoms with van der Waals surface area (Å²) in [7, 11) is -1.87. The fourth-order valence-corrected chi connectivity index (χ4v) is 7.04. The maximum Gasteiger partial charge on any atom is 0.243 e. The second-order valence-electron chi connectivity index (χ2n) is 8.99. The number of benzene rings is 2. The number of thioether (sulfide) groups is 1. The smallest absolute Gasteiger partial charge is 0.243 e. The van der Waals surface area contributed by atoms with Crippen LogP contribution in [0.1, 0.15) is 38.7 Å². The van der Waals surface area contributed by atoms with Gasteiger partial charge in [0.1, 0.15) is 5.75 Å². The zero-order valence-corrected chi connectivity index (χ0v) is 22.4. The van der Waals surface area contributed by atoms with Gasteiger partial charge in [-0.1, -0.05) is 30.8 Å². The highest BCUT2D eigenvalue weighted by atomic mass is 32.2. The van der Waals surface area contributed by atoms with E-state index in [9.17, 15) is 8.42 Å². The number of piperidine rings is 1. The minimum Gasteiger partial charge on any atom is -0.497 e. The van der Waals surface area contributed by atoms with Gasteiger partial charge >= 0.3 is 0 Å². The van der Waals surface area contributed by atoms with Crippen molar-refractivity contribution in [3.8, 4) is 5.75 Å². The van der Waals surface area contributed by atoms with Crippen LogP contribution in [0, 0.1) is 5.92 Å². The van der Waals surface area contributed by atoms with E-state index in [1.807, 2.05) is 25.1 Å². The molecule has 1 unspecified atom stereocenters. The number of imidazole rings is 1. The Hall–Kier alpha value is -2.07. The Kier molecular flexibility index (Phi) is 8.75. The Morgan fingerprint density at radius 3 is 2.69 bits per heavy atom. The summed E-state index contributed by atoms with van der Waals surface area (Å²) in [5.41, 5.74) is 2.83. The molecule has 2 aromatic carbocycles. The molecule has 1 aliphatic heterocycles. The van der Waals surface area contributed by atoms with Crippen molar-refractivity contribution < 1.29 is 17.9 Å². The van der Waals surface area contributed by atoms with E-state index in [1.54, 1.807) is 35.3 Å². The first-order valence-electron chi connectivity index (χ1n) is 12.3. The van der Waals surface area contributed by atoms with Crippen molar-refractivity contribution in [2.75, 3.05) is 33.4 Å². The van der Waals surface area contributed by atoms with Crippen molar-refractivity contribution in [3.63, 3.8) is 0 Å². The molecule has 0 spiro atoms. The van der Waals surface area contributed by atoms with E-state index in [-0.39, 0.29) is 0 Å². The van der Waals surface area contributed by atoms with Gasteiger partial charge in [0, 0.05) is 38.6 Å². The summed E-state index contributed by atoms with van der Waals surface area (Å²) in [6.07, 6.45) is 2.84. The van der Waals surface area contributed by atoms with E-state index < -0.39 is 10.0 Å². The molecule has 0 aliphatic carbocycles. The lowest BCUT2D eigenvalue weighted by molar-refractivity contribution is 0.141. The molecule has 0 bridgehead atoms. The summed E-state index contributed by atoms with van der Waals surface area (Å²) in [6, 6.07) is 13.4. The van der Waals surface area contributed by atoms with Crippen LogP contribution in [-0.2, 0) is 27.1 Å². The lowest BCUT2D eigenvalue weighted by Crippen LogP contribution is -2.39. The number of nitrogens with zero attached hydrogens (tertiary/aromatic N) is 3. The van der Waals surface area contributed by atoms with Crippen molar-refractivity contribution in [2.24, 2.45) is 5.92 Å². The van der Waals surface area contributed by atoms with Crippen LogP contribution in [0.5, 0.6) is 5.75 Å². The molecule has 190 valence electrons. The molecule has 1 fully saturated rings. The van der Waals surface area contributed by atoms with Crippen LogP contribution in [0.4, 0.5) is 0 Å². The van der Waals surface area contributed by atoms with Crippen molar-refractivity contribution in [2.45, 2.75) is 55.5 Å². The average Bonchev–Trinajstić information content (AvgIpc) is 3.22. The maximum atomic E-state index is 13.3. The Labute approximate surface area is 212 Å². The van der Waals surface area contributed by atoms with Gasteiger partial charge < -0.3 is 14.0 Å². The van der Waals surface area contributed by atoms with Gasteiger partial charge in [-0.05, 0) is 68.0 Å². The van der Waals surface area contributed by atoms with Crippen molar-refractivity contribution in [1.29, 1.82) is 0 Å². The van der Waals surface area contributed by atoms with E-state index >= 15 is 0 Å². The molecule has 1 saturated heterocycles. The number of hydrogen-bond acceptors (Lipinski definition) is 6.